The number of thioether (sulfide) groups is 1. The number of hydrogen-bond donors (Lipinski definition) is 3. The van der Waals surface area contributed by atoms with E-state index in [-0.39, 0.29) is 12.5 Å². The summed E-state index contributed by atoms with van der Waals surface area (Å²) in [4.78, 5) is 21.2. The molecule has 0 atom stereocenters. The van der Waals surface area contributed by atoms with E-state index < -0.39 is 0 Å². The van der Waals surface area contributed by atoms with Crippen LogP contribution in [-0.4, -0.2) is 67.5 Å². The first-order valence-electron chi connectivity index (χ1n) is 9.36. The molecule has 2 rings (SSSR count). The fraction of sp³-hybridized carbons (Fsp3) is 0.500. The van der Waals surface area contributed by atoms with Crippen LogP contribution in [0, 0.1) is 0 Å². The summed E-state index contributed by atoms with van der Waals surface area (Å²) in [6, 6.07) is 6.46. The van der Waals surface area contributed by atoms with Crippen molar-refractivity contribution in [2.45, 2.75) is 19.8 Å². The van der Waals surface area contributed by atoms with Gasteiger partial charge in [0, 0.05) is 50.0 Å². The van der Waals surface area contributed by atoms with Crippen LogP contribution in [0.3, 0.4) is 0 Å². The highest BCUT2D eigenvalue weighted by atomic mass is 32.2. The summed E-state index contributed by atoms with van der Waals surface area (Å²) >= 11 is 1.78. The smallest absolute Gasteiger partial charge is 0.243 e. The van der Waals surface area contributed by atoms with Gasteiger partial charge in [-0.25, -0.2) is 4.99 Å². The Labute approximate surface area is 166 Å². The number of amides is 1. The number of carbonyl (C=O) groups excluding carboxylic acids is 1. The van der Waals surface area contributed by atoms with Crippen LogP contribution in [0.2, 0.25) is 0 Å². The maximum atomic E-state index is 11.8. The molecule has 0 unspecified atom stereocenters. The lowest BCUT2D eigenvalue weighted by atomic mass is 10.1. The number of carbonyl (C=O) groups is 1. The number of benzene rings is 1. The van der Waals surface area contributed by atoms with Gasteiger partial charge in [-0.2, -0.15) is 11.8 Å². The van der Waals surface area contributed by atoms with Crippen molar-refractivity contribution < 1.29 is 4.79 Å². The average Bonchev–Trinajstić information content (AvgIpc) is 3.08. The molecule has 7 heteroatoms. The van der Waals surface area contributed by atoms with Crippen LogP contribution in [0.15, 0.2) is 29.4 Å². The van der Waals surface area contributed by atoms with Crippen molar-refractivity contribution >= 4 is 34.5 Å². The highest BCUT2D eigenvalue weighted by Crippen LogP contribution is 2.22. The zero-order valence-corrected chi connectivity index (χ0v) is 17.6. The molecule has 0 aliphatic heterocycles. The third-order valence-electron chi connectivity index (χ3n) is 4.42. The summed E-state index contributed by atoms with van der Waals surface area (Å²) < 4.78 is 0. The summed E-state index contributed by atoms with van der Waals surface area (Å²) in [5, 5.41) is 7.92. The molecule has 0 radical (unpaired) electrons. The molecule has 27 heavy (non-hydrogen) atoms. The van der Waals surface area contributed by atoms with E-state index in [4.69, 9.17) is 0 Å². The lowest BCUT2D eigenvalue weighted by molar-refractivity contribution is -0.127. The second-order valence-corrected chi connectivity index (χ2v) is 7.54. The first-order valence-corrected chi connectivity index (χ1v) is 10.7. The molecule has 6 nitrogen and oxygen atoms in total. The van der Waals surface area contributed by atoms with Gasteiger partial charge in [-0.3, -0.25) is 4.79 Å². The predicted molar refractivity (Wildman–Crippen MR) is 117 cm³/mol. The molecule has 0 spiro atoms. The highest BCUT2D eigenvalue weighted by Gasteiger charge is 2.08. The number of rotatable bonds is 9. The molecule has 1 amide bonds. The fourth-order valence-electron chi connectivity index (χ4n) is 2.83. The minimum absolute atomic E-state index is 0.00955. The molecule has 0 aliphatic rings. The number of nitrogens with one attached hydrogen (secondary N) is 3. The van der Waals surface area contributed by atoms with Crippen LogP contribution in [0.25, 0.3) is 10.9 Å². The maximum Gasteiger partial charge on any atom is 0.243 e. The number of likely N-dealkylation sites (N-methyl/N-ethyl adjacent to an activating group) is 1. The molecule has 0 fully saturated rings. The number of H-pyrrole nitrogens is 1. The van der Waals surface area contributed by atoms with Gasteiger partial charge in [-0.15, -0.1) is 0 Å². The number of aliphatic imine (C=N–C) groups is 1. The van der Waals surface area contributed by atoms with Crippen LogP contribution in [0.4, 0.5) is 0 Å². The van der Waals surface area contributed by atoms with Gasteiger partial charge in [0.2, 0.25) is 5.91 Å². The first kappa shape index (κ1) is 21.2. The zero-order valence-electron chi connectivity index (χ0n) is 16.8. The van der Waals surface area contributed by atoms with Gasteiger partial charge in [0.1, 0.15) is 6.54 Å². The van der Waals surface area contributed by atoms with Crippen molar-refractivity contribution in [3.05, 3.63) is 35.5 Å². The Morgan fingerprint density at radius 2 is 2.00 bits per heavy atom. The Balaban J connectivity index is 1.97. The van der Waals surface area contributed by atoms with Crippen molar-refractivity contribution in [1.82, 2.24) is 20.5 Å². The van der Waals surface area contributed by atoms with Crippen molar-refractivity contribution in [1.29, 1.82) is 0 Å². The average molecular weight is 390 g/mol. The second-order valence-electron chi connectivity index (χ2n) is 6.56. The Bertz CT molecular complexity index is 769. The minimum atomic E-state index is -0.00955. The third-order valence-corrected chi connectivity index (χ3v) is 5.04. The van der Waals surface area contributed by atoms with Crippen molar-refractivity contribution in [2.24, 2.45) is 4.99 Å². The quantitative estimate of drug-likeness (QED) is 0.349. The maximum absolute atomic E-state index is 11.8. The van der Waals surface area contributed by atoms with E-state index in [0.29, 0.717) is 5.96 Å². The normalized spacial score (nSPS) is 11.6. The van der Waals surface area contributed by atoms with Gasteiger partial charge in [0.15, 0.2) is 5.96 Å². The number of fused-ring (bicyclic) bond motifs is 1. The number of nitrogens with zero attached hydrogens (tertiary/aromatic N) is 2. The lowest BCUT2D eigenvalue weighted by Crippen LogP contribution is -2.40. The van der Waals surface area contributed by atoms with Gasteiger partial charge in [-0.1, -0.05) is 25.1 Å². The summed E-state index contributed by atoms with van der Waals surface area (Å²) in [6.07, 6.45) is 6.08. The van der Waals surface area contributed by atoms with Gasteiger partial charge >= 0.3 is 0 Å². The molecule has 0 aliphatic carbocycles. The highest BCUT2D eigenvalue weighted by molar-refractivity contribution is 7.98. The third kappa shape index (κ3) is 6.20. The Hall–Kier alpha value is -2.15. The monoisotopic (exact) mass is 389 g/mol. The second kappa shape index (κ2) is 10.9. The summed E-state index contributed by atoms with van der Waals surface area (Å²) in [6.45, 7) is 3.89. The number of aromatic nitrogens is 1. The summed E-state index contributed by atoms with van der Waals surface area (Å²) in [5.74, 6) is 1.67. The first-order chi connectivity index (χ1) is 13.1. The molecule has 1 aromatic carbocycles. The van der Waals surface area contributed by atoms with Crippen molar-refractivity contribution in [3.63, 3.8) is 0 Å². The Kier molecular flexibility index (Phi) is 8.51. The minimum Gasteiger partial charge on any atom is -0.361 e. The fourth-order valence-corrected chi connectivity index (χ4v) is 3.13. The summed E-state index contributed by atoms with van der Waals surface area (Å²) in [5.41, 5.74) is 3.87. The molecular formula is C20H31N5OS. The van der Waals surface area contributed by atoms with E-state index in [1.807, 2.05) is 0 Å². The number of hydrogen-bond acceptors (Lipinski definition) is 3. The van der Waals surface area contributed by atoms with Crippen molar-refractivity contribution in [3.8, 4) is 0 Å². The Morgan fingerprint density at radius 1 is 1.22 bits per heavy atom. The van der Waals surface area contributed by atoms with E-state index >= 15 is 0 Å². The number of guanidine groups is 1. The molecule has 3 N–H and O–H groups in total. The van der Waals surface area contributed by atoms with Crippen LogP contribution in [-0.2, 0) is 17.6 Å². The molecule has 148 valence electrons. The SMILES string of the molecule is CCc1cccc2c(CCNC(=NCC(=O)N(C)C)NCCSC)c[nH]c12. The van der Waals surface area contributed by atoms with Gasteiger partial charge in [0.05, 0.1) is 0 Å². The van der Waals surface area contributed by atoms with Crippen molar-refractivity contribution in [2.75, 3.05) is 45.7 Å². The van der Waals surface area contributed by atoms with E-state index in [2.05, 4.69) is 58.2 Å². The van der Waals surface area contributed by atoms with Crippen LogP contribution in [0.1, 0.15) is 18.1 Å². The molecule has 0 bridgehead atoms. The largest absolute Gasteiger partial charge is 0.361 e. The number of aromatic amines is 1. The van der Waals surface area contributed by atoms with Crippen LogP contribution in [0.5, 0.6) is 0 Å². The number of para-hydroxylation sites is 1. The Morgan fingerprint density at radius 3 is 2.70 bits per heavy atom. The molecule has 0 saturated carbocycles. The van der Waals surface area contributed by atoms with Crippen LogP contribution < -0.4 is 10.6 Å². The van der Waals surface area contributed by atoms with Gasteiger partial charge < -0.3 is 20.5 Å². The molecule has 1 aromatic heterocycles. The molecular weight excluding hydrogens is 358 g/mol. The van der Waals surface area contributed by atoms with E-state index in [1.165, 1.54) is 22.0 Å². The van der Waals surface area contributed by atoms with E-state index in [9.17, 15) is 4.79 Å². The topological polar surface area (TPSA) is 72.5 Å². The molecule has 0 saturated heterocycles. The molecule has 1 heterocycles. The standard InChI is InChI=1S/C20H31N5OS/c1-5-15-7-6-8-17-16(13-23-19(15)17)9-10-21-20(22-11-12-27-4)24-14-18(26)25(2)3/h6-8,13,23H,5,9-12,14H2,1-4H3,(H2,21,22,24). The molecule has 2 aromatic rings. The van der Waals surface area contributed by atoms with E-state index in [1.54, 1.807) is 30.8 Å². The lowest BCUT2D eigenvalue weighted by Gasteiger charge is -2.13. The van der Waals surface area contributed by atoms with Gasteiger partial charge in [-0.05, 0) is 30.2 Å². The zero-order chi connectivity index (χ0) is 19.6. The summed E-state index contributed by atoms with van der Waals surface area (Å²) in [7, 11) is 3.49. The van der Waals surface area contributed by atoms with Gasteiger partial charge in [0.25, 0.3) is 0 Å². The predicted octanol–water partition coefficient (Wildman–Crippen LogP) is 2.26. The van der Waals surface area contributed by atoms with E-state index in [0.717, 1.165) is 31.7 Å². The number of aryl methyl sites for hydroxylation is 1. The van der Waals surface area contributed by atoms with Crippen LogP contribution >= 0.6 is 11.8 Å².